The number of nitrogen functional groups attached to an aromatic ring is 1. The number of hydrogen-bond donors (Lipinski definition) is 4. The van der Waals surface area contributed by atoms with Crippen molar-refractivity contribution in [1.29, 1.82) is 0 Å². The molecule has 1 aromatic rings. The molecule has 0 spiro atoms. The van der Waals surface area contributed by atoms with Crippen molar-refractivity contribution in [2.75, 3.05) is 42.2 Å². The Kier molecular flexibility index (Phi) is 5.45. The maximum atomic E-state index is 11.6. The van der Waals surface area contributed by atoms with Crippen molar-refractivity contribution in [3.8, 4) is 0 Å². The average molecular weight is 336 g/mol. The summed E-state index contributed by atoms with van der Waals surface area (Å²) in [6.07, 6.45) is -0.351. The molecule has 0 bridgehead atoms. The van der Waals surface area contributed by atoms with E-state index in [0.717, 1.165) is 0 Å². The standard InChI is InChI=1S/C15H24N6O3/c1-9(22)18-6-8-20(2)15-10(16)3-4-12(19-15)21-7-5-11(23)13(21)14(17)24/h3-4,11,13,23H,5-8,16H2,1-2H3,(H2,17,24)(H,18,22). The molecule has 0 aromatic carbocycles. The molecule has 0 aliphatic carbocycles. The van der Waals surface area contributed by atoms with Crippen LogP contribution >= 0.6 is 0 Å². The van der Waals surface area contributed by atoms with E-state index in [1.165, 1.54) is 6.92 Å². The number of amides is 2. The van der Waals surface area contributed by atoms with E-state index >= 15 is 0 Å². The van der Waals surface area contributed by atoms with Crippen molar-refractivity contribution in [3.63, 3.8) is 0 Å². The minimum absolute atomic E-state index is 0.103. The van der Waals surface area contributed by atoms with Gasteiger partial charge in [-0.3, -0.25) is 9.59 Å². The highest BCUT2D eigenvalue weighted by Gasteiger charge is 2.38. The van der Waals surface area contributed by atoms with Crippen LogP contribution in [0, 0.1) is 0 Å². The number of likely N-dealkylation sites (N-methyl/N-ethyl adjacent to an activating group) is 1. The van der Waals surface area contributed by atoms with Crippen molar-refractivity contribution in [2.24, 2.45) is 5.73 Å². The Balaban J connectivity index is 2.19. The van der Waals surface area contributed by atoms with Crippen LogP contribution in [-0.4, -0.2) is 60.7 Å². The molecular weight excluding hydrogens is 312 g/mol. The molecule has 2 heterocycles. The van der Waals surface area contributed by atoms with Crippen molar-refractivity contribution in [2.45, 2.75) is 25.5 Å². The number of aromatic nitrogens is 1. The number of aliphatic hydroxyl groups is 1. The van der Waals surface area contributed by atoms with Crippen molar-refractivity contribution < 1.29 is 14.7 Å². The van der Waals surface area contributed by atoms with Crippen LogP contribution in [-0.2, 0) is 9.59 Å². The fourth-order valence-electron chi connectivity index (χ4n) is 2.80. The van der Waals surface area contributed by atoms with Crippen LogP contribution in [0.3, 0.4) is 0 Å². The van der Waals surface area contributed by atoms with Gasteiger partial charge in [0.1, 0.15) is 11.9 Å². The molecule has 132 valence electrons. The van der Waals surface area contributed by atoms with E-state index in [1.807, 2.05) is 11.9 Å². The molecule has 1 aliphatic rings. The van der Waals surface area contributed by atoms with Gasteiger partial charge in [0.2, 0.25) is 11.8 Å². The van der Waals surface area contributed by atoms with Crippen LogP contribution in [0.5, 0.6) is 0 Å². The summed E-state index contributed by atoms with van der Waals surface area (Å²) in [4.78, 5) is 30.6. The number of anilines is 3. The third-order valence-electron chi connectivity index (χ3n) is 4.03. The molecule has 0 radical (unpaired) electrons. The summed E-state index contributed by atoms with van der Waals surface area (Å²) >= 11 is 0. The number of hydrogen-bond acceptors (Lipinski definition) is 7. The van der Waals surface area contributed by atoms with Gasteiger partial charge < -0.3 is 31.7 Å². The Labute approximate surface area is 140 Å². The van der Waals surface area contributed by atoms with Gasteiger partial charge in [-0.2, -0.15) is 0 Å². The second-order valence-corrected chi connectivity index (χ2v) is 5.88. The molecule has 6 N–H and O–H groups in total. The maximum absolute atomic E-state index is 11.6. The second-order valence-electron chi connectivity index (χ2n) is 5.88. The van der Waals surface area contributed by atoms with Gasteiger partial charge in [-0.1, -0.05) is 0 Å². The smallest absolute Gasteiger partial charge is 0.242 e. The maximum Gasteiger partial charge on any atom is 0.242 e. The molecule has 1 saturated heterocycles. The van der Waals surface area contributed by atoms with Gasteiger partial charge >= 0.3 is 0 Å². The Morgan fingerprint density at radius 3 is 2.83 bits per heavy atom. The van der Waals surface area contributed by atoms with Crippen LogP contribution in [0.2, 0.25) is 0 Å². The van der Waals surface area contributed by atoms with E-state index in [0.29, 0.717) is 43.4 Å². The summed E-state index contributed by atoms with van der Waals surface area (Å²) in [5, 5.41) is 12.7. The number of nitrogens with zero attached hydrogens (tertiary/aromatic N) is 3. The van der Waals surface area contributed by atoms with E-state index in [-0.39, 0.29) is 5.91 Å². The Morgan fingerprint density at radius 2 is 2.21 bits per heavy atom. The number of carbonyl (C=O) groups is 2. The van der Waals surface area contributed by atoms with Crippen LogP contribution in [0.1, 0.15) is 13.3 Å². The summed E-state index contributed by atoms with van der Waals surface area (Å²) < 4.78 is 0. The van der Waals surface area contributed by atoms with Crippen LogP contribution in [0.25, 0.3) is 0 Å². The average Bonchev–Trinajstić information content (AvgIpc) is 2.89. The lowest BCUT2D eigenvalue weighted by molar-refractivity contribution is -0.121. The van der Waals surface area contributed by atoms with E-state index in [2.05, 4.69) is 10.3 Å². The third-order valence-corrected chi connectivity index (χ3v) is 4.03. The Bertz CT molecular complexity index is 623. The zero-order valence-electron chi connectivity index (χ0n) is 13.9. The predicted octanol–water partition coefficient (Wildman–Crippen LogP) is -1.34. The van der Waals surface area contributed by atoms with Gasteiger partial charge in [0.05, 0.1) is 11.8 Å². The van der Waals surface area contributed by atoms with Gasteiger partial charge in [-0.15, -0.1) is 0 Å². The third kappa shape index (κ3) is 3.85. The van der Waals surface area contributed by atoms with E-state index < -0.39 is 18.1 Å². The number of nitrogens with two attached hydrogens (primary N) is 2. The number of carbonyl (C=O) groups excluding carboxylic acids is 2. The first-order valence-electron chi connectivity index (χ1n) is 7.77. The summed E-state index contributed by atoms with van der Waals surface area (Å²) in [6.45, 7) is 2.93. The lowest BCUT2D eigenvalue weighted by atomic mass is 10.1. The van der Waals surface area contributed by atoms with Gasteiger partial charge in [0.25, 0.3) is 0 Å². The summed E-state index contributed by atoms with van der Waals surface area (Å²) in [6, 6.07) is 2.61. The lowest BCUT2D eigenvalue weighted by Gasteiger charge is -2.27. The minimum Gasteiger partial charge on any atom is -0.396 e. The van der Waals surface area contributed by atoms with Gasteiger partial charge in [-0.25, -0.2) is 4.98 Å². The molecule has 1 fully saturated rings. The number of primary amides is 1. The number of pyridine rings is 1. The zero-order valence-corrected chi connectivity index (χ0v) is 13.9. The fourth-order valence-corrected chi connectivity index (χ4v) is 2.80. The summed E-state index contributed by atoms with van der Waals surface area (Å²) in [7, 11) is 1.81. The highest BCUT2D eigenvalue weighted by Crippen LogP contribution is 2.28. The Morgan fingerprint density at radius 1 is 1.50 bits per heavy atom. The molecule has 2 unspecified atom stereocenters. The van der Waals surface area contributed by atoms with Crippen molar-refractivity contribution >= 4 is 29.1 Å². The molecule has 24 heavy (non-hydrogen) atoms. The molecular formula is C15H24N6O3. The van der Waals surface area contributed by atoms with E-state index in [4.69, 9.17) is 11.5 Å². The largest absolute Gasteiger partial charge is 0.396 e. The first kappa shape index (κ1) is 17.8. The van der Waals surface area contributed by atoms with Gasteiger partial charge in [0, 0.05) is 33.6 Å². The normalized spacial score (nSPS) is 20.0. The molecule has 2 amide bonds. The van der Waals surface area contributed by atoms with Gasteiger partial charge in [-0.05, 0) is 18.6 Å². The summed E-state index contributed by atoms with van der Waals surface area (Å²) in [5.74, 6) is 0.390. The molecule has 9 nitrogen and oxygen atoms in total. The first-order chi connectivity index (χ1) is 11.3. The zero-order chi connectivity index (χ0) is 17.9. The number of aliphatic hydroxyl groups excluding tert-OH is 1. The molecule has 2 rings (SSSR count). The van der Waals surface area contributed by atoms with Crippen molar-refractivity contribution in [3.05, 3.63) is 12.1 Å². The highest BCUT2D eigenvalue weighted by atomic mass is 16.3. The lowest BCUT2D eigenvalue weighted by Crippen LogP contribution is -2.46. The molecule has 9 heteroatoms. The highest BCUT2D eigenvalue weighted by molar-refractivity contribution is 5.85. The topological polar surface area (TPSA) is 138 Å². The number of rotatable bonds is 6. The van der Waals surface area contributed by atoms with Crippen LogP contribution in [0.4, 0.5) is 17.3 Å². The molecule has 2 atom stereocenters. The predicted molar refractivity (Wildman–Crippen MR) is 91.6 cm³/mol. The monoisotopic (exact) mass is 336 g/mol. The quantitative estimate of drug-likeness (QED) is 0.504. The van der Waals surface area contributed by atoms with Crippen LogP contribution in [0.15, 0.2) is 12.1 Å². The fraction of sp³-hybridized carbons (Fsp3) is 0.533. The number of nitrogens with one attached hydrogen (secondary N) is 1. The van der Waals surface area contributed by atoms with E-state index in [1.54, 1.807) is 17.0 Å². The SMILES string of the molecule is CC(=O)NCCN(C)c1nc(N2CCC(O)C2C(N)=O)ccc1N. The molecule has 1 aliphatic heterocycles. The Hall–Kier alpha value is -2.55. The first-order valence-corrected chi connectivity index (χ1v) is 7.77. The molecule has 0 saturated carbocycles. The minimum atomic E-state index is -0.803. The summed E-state index contributed by atoms with van der Waals surface area (Å²) in [5.41, 5.74) is 11.9. The van der Waals surface area contributed by atoms with E-state index in [9.17, 15) is 14.7 Å². The molecule has 1 aromatic heterocycles. The second kappa shape index (κ2) is 7.35. The van der Waals surface area contributed by atoms with Crippen LogP contribution < -0.4 is 26.6 Å². The van der Waals surface area contributed by atoms with Crippen molar-refractivity contribution in [1.82, 2.24) is 10.3 Å². The van der Waals surface area contributed by atoms with Gasteiger partial charge in [0.15, 0.2) is 5.82 Å².